The Morgan fingerprint density at radius 1 is 1.70 bits per heavy atom. The van der Waals surface area contributed by atoms with E-state index in [2.05, 4.69) is 5.32 Å². The minimum atomic E-state index is -1.07. The van der Waals surface area contributed by atoms with Crippen molar-refractivity contribution in [3.63, 3.8) is 0 Å². The predicted molar refractivity (Wildman–Crippen MR) is 33.7 cm³/mol. The smallest absolute Gasteiger partial charge is 0.328 e. The predicted octanol–water partition coefficient (Wildman–Crippen LogP) is -0.608. The summed E-state index contributed by atoms with van der Waals surface area (Å²) in [7, 11) is 0. The highest BCUT2D eigenvalue weighted by Gasteiger charge is 2.27. The van der Waals surface area contributed by atoms with Crippen LogP contribution in [0.1, 0.15) is 12.8 Å². The van der Waals surface area contributed by atoms with Gasteiger partial charge < -0.3 is 5.11 Å². The lowest BCUT2D eigenvalue weighted by Crippen LogP contribution is -2.47. The highest BCUT2D eigenvalue weighted by Crippen LogP contribution is 2.02. The number of ketones is 1. The lowest BCUT2D eigenvalue weighted by Gasteiger charge is -2.17. The van der Waals surface area contributed by atoms with Crippen LogP contribution < -0.4 is 5.32 Å². The van der Waals surface area contributed by atoms with E-state index < -0.39 is 12.0 Å². The molecule has 56 valence electrons. The summed E-state index contributed by atoms with van der Waals surface area (Å²) in [5, 5.41) is 11.0. The van der Waals surface area contributed by atoms with Gasteiger partial charge in [-0.3, -0.25) is 14.9 Å². The number of nitrogens with one attached hydrogen (secondary N) is 1. The number of carbonyl (C=O) groups excluding carboxylic acids is 1. The van der Waals surface area contributed by atoms with E-state index in [0.29, 0.717) is 13.0 Å². The fourth-order valence-corrected chi connectivity index (χ4v) is 0.992. The van der Waals surface area contributed by atoms with Gasteiger partial charge in [-0.1, -0.05) is 0 Å². The van der Waals surface area contributed by atoms with Gasteiger partial charge in [0.25, 0.3) is 0 Å². The van der Waals surface area contributed by atoms with Gasteiger partial charge in [0, 0.05) is 6.42 Å². The molecule has 4 nitrogen and oxygen atoms in total. The molecule has 4 heteroatoms. The van der Waals surface area contributed by atoms with Crippen LogP contribution in [-0.2, 0) is 9.59 Å². The molecule has 0 aromatic rings. The molecular weight excluding hydrogens is 134 g/mol. The first kappa shape index (κ1) is 7.21. The Hall–Kier alpha value is -0.900. The molecule has 0 unspecified atom stereocenters. The average Bonchev–Trinajstić information content (AvgIpc) is 1.88. The third-order valence-electron chi connectivity index (χ3n) is 1.52. The molecule has 1 fully saturated rings. The number of aliphatic carboxylic acids is 1. The van der Waals surface area contributed by atoms with Gasteiger partial charge in [0.05, 0.1) is 0 Å². The fourth-order valence-electron chi connectivity index (χ4n) is 0.992. The quantitative estimate of drug-likeness (QED) is 0.481. The second kappa shape index (κ2) is 2.79. The monoisotopic (exact) mass is 143 g/mol. The summed E-state index contributed by atoms with van der Waals surface area (Å²) in [6, 6.07) is -0.950. The van der Waals surface area contributed by atoms with Crippen molar-refractivity contribution < 1.29 is 14.7 Å². The van der Waals surface area contributed by atoms with Crippen molar-refractivity contribution in [2.45, 2.75) is 18.9 Å². The molecule has 0 radical (unpaired) electrons. The lowest BCUT2D eigenvalue weighted by atomic mass is 10.0. The molecule has 1 saturated heterocycles. The second-order valence-electron chi connectivity index (χ2n) is 2.30. The van der Waals surface area contributed by atoms with Crippen molar-refractivity contribution in [3.05, 3.63) is 0 Å². The molecule has 0 spiro atoms. The Kier molecular flexibility index (Phi) is 2.01. The molecule has 0 bridgehead atoms. The zero-order valence-electron chi connectivity index (χ0n) is 5.46. The van der Waals surface area contributed by atoms with Crippen LogP contribution >= 0.6 is 0 Å². The van der Waals surface area contributed by atoms with Gasteiger partial charge in [-0.15, -0.1) is 0 Å². The molecule has 1 heterocycles. The zero-order chi connectivity index (χ0) is 7.56. The molecule has 0 amide bonds. The highest BCUT2D eigenvalue weighted by molar-refractivity contribution is 6.02. The minimum Gasteiger partial charge on any atom is -0.480 e. The van der Waals surface area contributed by atoms with Gasteiger partial charge in [0.2, 0.25) is 0 Å². The van der Waals surface area contributed by atoms with Crippen molar-refractivity contribution in [1.82, 2.24) is 5.32 Å². The number of rotatable bonds is 1. The van der Waals surface area contributed by atoms with Crippen LogP contribution in [0.2, 0.25) is 0 Å². The van der Waals surface area contributed by atoms with Crippen LogP contribution in [0, 0.1) is 0 Å². The van der Waals surface area contributed by atoms with Gasteiger partial charge >= 0.3 is 5.97 Å². The standard InChI is InChI=1S/C6H9NO3/c8-4-2-1-3-7-5(4)6(9)10/h5,7H,1-3H2,(H,9,10)/t5-/m0/s1. The number of Topliss-reactive ketones (excluding diaryl/α,β-unsaturated/α-hetero) is 1. The first-order valence-electron chi connectivity index (χ1n) is 3.20. The molecule has 1 aliphatic heterocycles. The summed E-state index contributed by atoms with van der Waals surface area (Å²) in [5.74, 6) is -1.27. The lowest BCUT2D eigenvalue weighted by molar-refractivity contribution is -0.144. The normalized spacial score (nSPS) is 26.4. The van der Waals surface area contributed by atoms with Crippen LogP contribution in [0.15, 0.2) is 0 Å². The van der Waals surface area contributed by atoms with E-state index in [1.807, 2.05) is 0 Å². The Labute approximate surface area is 58.2 Å². The molecule has 0 aliphatic carbocycles. The molecule has 2 N–H and O–H groups in total. The van der Waals surface area contributed by atoms with Crippen LogP contribution in [0.5, 0.6) is 0 Å². The van der Waals surface area contributed by atoms with E-state index in [1.165, 1.54) is 0 Å². The molecule has 0 aromatic heterocycles. The van der Waals surface area contributed by atoms with E-state index in [0.717, 1.165) is 6.42 Å². The summed E-state index contributed by atoms with van der Waals surface area (Å²) in [5.41, 5.74) is 0. The minimum absolute atomic E-state index is 0.209. The first-order valence-corrected chi connectivity index (χ1v) is 3.20. The maximum Gasteiger partial charge on any atom is 0.328 e. The van der Waals surface area contributed by atoms with E-state index in [4.69, 9.17) is 5.11 Å². The molecule has 10 heavy (non-hydrogen) atoms. The topological polar surface area (TPSA) is 66.4 Å². The van der Waals surface area contributed by atoms with Gasteiger partial charge in [0.15, 0.2) is 11.8 Å². The Morgan fingerprint density at radius 2 is 2.40 bits per heavy atom. The number of carboxylic acid groups (broad SMARTS) is 1. The molecule has 0 aromatic carbocycles. The second-order valence-corrected chi connectivity index (χ2v) is 2.30. The Bertz CT molecular complexity index is 166. The van der Waals surface area contributed by atoms with E-state index >= 15 is 0 Å². The largest absolute Gasteiger partial charge is 0.480 e. The van der Waals surface area contributed by atoms with Crippen LogP contribution in [0.4, 0.5) is 0 Å². The van der Waals surface area contributed by atoms with Gasteiger partial charge in [0.1, 0.15) is 0 Å². The Morgan fingerprint density at radius 3 is 2.80 bits per heavy atom. The Balaban J connectivity index is 2.56. The number of hydrogen-bond acceptors (Lipinski definition) is 3. The molecule has 1 rings (SSSR count). The molecule has 1 atom stereocenters. The van der Waals surface area contributed by atoms with E-state index in [-0.39, 0.29) is 5.78 Å². The van der Waals surface area contributed by atoms with Crippen molar-refractivity contribution in [1.29, 1.82) is 0 Å². The van der Waals surface area contributed by atoms with E-state index in [1.54, 1.807) is 0 Å². The zero-order valence-corrected chi connectivity index (χ0v) is 5.46. The SMILES string of the molecule is O=C(O)[C@H]1NCCCC1=O. The number of carboxylic acids is 1. The van der Waals surface area contributed by atoms with Crippen molar-refractivity contribution in [2.75, 3.05) is 6.54 Å². The maximum absolute atomic E-state index is 10.8. The molecule has 1 aliphatic rings. The van der Waals surface area contributed by atoms with Crippen LogP contribution in [-0.4, -0.2) is 29.4 Å². The highest BCUT2D eigenvalue weighted by atomic mass is 16.4. The van der Waals surface area contributed by atoms with Crippen molar-refractivity contribution in [2.24, 2.45) is 0 Å². The summed E-state index contributed by atoms with van der Waals surface area (Å²) in [6.45, 7) is 0.628. The summed E-state index contributed by atoms with van der Waals surface area (Å²) in [4.78, 5) is 21.1. The van der Waals surface area contributed by atoms with Gasteiger partial charge in [-0.2, -0.15) is 0 Å². The van der Waals surface area contributed by atoms with Gasteiger partial charge in [-0.25, -0.2) is 0 Å². The maximum atomic E-state index is 10.8. The first-order chi connectivity index (χ1) is 4.72. The molecular formula is C6H9NO3. The van der Waals surface area contributed by atoms with Crippen molar-refractivity contribution in [3.8, 4) is 0 Å². The average molecular weight is 143 g/mol. The summed E-state index contributed by atoms with van der Waals surface area (Å²) < 4.78 is 0. The summed E-state index contributed by atoms with van der Waals surface area (Å²) >= 11 is 0. The third-order valence-corrected chi connectivity index (χ3v) is 1.52. The number of hydrogen-bond donors (Lipinski definition) is 2. The third kappa shape index (κ3) is 1.33. The van der Waals surface area contributed by atoms with Crippen molar-refractivity contribution >= 4 is 11.8 Å². The van der Waals surface area contributed by atoms with Gasteiger partial charge in [-0.05, 0) is 13.0 Å². The number of piperidine rings is 1. The van der Waals surface area contributed by atoms with Crippen LogP contribution in [0.25, 0.3) is 0 Å². The van der Waals surface area contributed by atoms with Crippen LogP contribution in [0.3, 0.4) is 0 Å². The fraction of sp³-hybridized carbons (Fsp3) is 0.667. The summed E-state index contributed by atoms with van der Waals surface area (Å²) in [6.07, 6.45) is 1.15. The molecule has 0 saturated carbocycles. The van der Waals surface area contributed by atoms with E-state index in [9.17, 15) is 9.59 Å². The number of carbonyl (C=O) groups is 2.